The van der Waals surface area contributed by atoms with Crippen LogP contribution in [0.1, 0.15) is 61.4 Å². The van der Waals surface area contributed by atoms with Crippen molar-refractivity contribution in [3.8, 4) is 0 Å². The van der Waals surface area contributed by atoms with Gasteiger partial charge in [-0.1, -0.05) is 31.9 Å². The molecule has 3 heteroatoms. The third-order valence-electron chi connectivity index (χ3n) is 5.54. The number of carbonyl (C=O) groups excluding carboxylic acids is 1. The maximum absolute atomic E-state index is 12.6. The Hall–Kier alpha value is -1.35. The van der Waals surface area contributed by atoms with Crippen molar-refractivity contribution in [3.05, 3.63) is 35.4 Å². The van der Waals surface area contributed by atoms with E-state index in [4.69, 9.17) is 0 Å². The molecule has 1 amide bonds. The number of benzene rings is 1. The molecule has 0 radical (unpaired) electrons. The number of piperidine rings is 1. The third-order valence-corrected chi connectivity index (χ3v) is 5.54. The van der Waals surface area contributed by atoms with E-state index in [0.717, 1.165) is 30.9 Å². The molecular formula is C20H30N2O. The molecule has 1 aliphatic carbocycles. The lowest BCUT2D eigenvalue weighted by molar-refractivity contribution is 0.0735. The first kappa shape index (κ1) is 16.5. The van der Waals surface area contributed by atoms with E-state index in [1.165, 1.54) is 44.3 Å². The van der Waals surface area contributed by atoms with Crippen molar-refractivity contribution in [2.45, 2.75) is 58.0 Å². The highest BCUT2D eigenvalue weighted by Crippen LogP contribution is 2.24. The second-order valence-electron chi connectivity index (χ2n) is 7.53. The Balaban J connectivity index is 1.58. The van der Waals surface area contributed by atoms with Gasteiger partial charge in [-0.05, 0) is 55.8 Å². The molecule has 0 N–H and O–H groups in total. The van der Waals surface area contributed by atoms with E-state index in [0.29, 0.717) is 6.04 Å². The summed E-state index contributed by atoms with van der Waals surface area (Å²) in [6.07, 6.45) is 7.51. The molecule has 0 aromatic heterocycles. The van der Waals surface area contributed by atoms with Gasteiger partial charge in [-0.15, -0.1) is 0 Å². The Labute approximate surface area is 140 Å². The molecule has 23 heavy (non-hydrogen) atoms. The lowest BCUT2D eigenvalue weighted by Gasteiger charge is -2.30. The first-order valence-corrected chi connectivity index (χ1v) is 9.22. The van der Waals surface area contributed by atoms with Crippen LogP contribution in [0.4, 0.5) is 0 Å². The van der Waals surface area contributed by atoms with E-state index in [-0.39, 0.29) is 5.91 Å². The number of likely N-dealkylation sites (tertiary alicyclic amines) is 1. The number of rotatable bonds is 4. The summed E-state index contributed by atoms with van der Waals surface area (Å²) in [7, 11) is 1.96. The summed E-state index contributed by atoms with van der Waals surface area (Å²) in [4.78, 5) is 17.1. The zero-order valence-electron chi connectivity index (χ0n) is 14.6. The largest absolute Gasteiger partial charge is 0.339 e. The third kappa shape index (κ3) is 4.14. The normalized spacial score (nSPS) is 23.1. The maximum atomic E-state index is 12.6. The van der Waals surface area contributed by atoms with E-state index < -0.39 is 0 Å². The number of hydrogen-bond acceptors (Lipinski definition) is 2. The van der Waals surface area contributed by atoms with Gasteiger partial charge in [0.15, 0.2) is 0 Å². The van der Waals surface area contributed by atoms with Crippen LogP contribution >= 0.6 is 0 Å². The van der Waals surface area contributed by atoms with Gasteiger partial charge in [0.05, 0.1) is 0 Å². The minimum atomic E-state index is 0.176. The van der Waals surface area contributed by atoms with Crippen LogP contribution in [0.2, 0.25) is 0 Å². The number of nitrogens with zero attached hydrogens (tertiary/aromatic N) is 2. The summed E-state index contributed by atoms with van der Waals surface area (Å²) in [6.45, 7) is 5.75. The fourth-order valence-electron chi connectivity index (χ4n) is 4.10. The lowest BCUT2D eigenvalue weighted by Crippen LogP contribution is -2.35. The molecule has 0 bridgehead atoms. The van der Waals surface area contributed by atoms with Crippen molar-refractivity contribution >= 4 is 5.91 Å². The Morgan fingerprint density at radius 2 is 1.83 bits per heavy atom. The molecule has 1 atom stereocenters. The van der Waals surface area contributed by atoms with Gasteiger partial charge in [-0.3, -0.25) is 9.69 Å². The van der Waals surface area contributed by atoms with Crippen LogP contribution in [-0.2, 0) is 6.54 Å². The van der Waals surface area contributed by atoms with Gasteiger partial charge in [-0.2, -0.15) is 0 Å². The fourth-order valence-corrected chi connectivity index (χ4v) is 4.10. The predicted molar refractivity (Wildman–Crippen MR) is 94.5 cm³/mol. The van der Waals surface area contributed by atoms with Gasteiger partial charge in [0.1, 0.15) is 0 Å². The molecule has 1 saturated heterocycles. The van der Waals surface area contributed by atoms with Crippen molar-refractivity contribution in [3.63, 3.8) is 0 Å². The summed E-state index contributed by atoms with van der Waals surface area (Å²) < 4.78 is 0. The Kier molecular flexibility index (Phi) is 5.37. The van der Waals surface area contributed by atoms with Crippen LogP contribution in [0.3, 0.4) is 0 Å². The summed E-state index contributed by atoms with van der Waals surface area (Å²) in [5.41, 5.74) is 2.15. The minimum Gasteiger partial charge on any atom is -0.339 e. The lowest BCUT2D eigenvalue weighted by atomic mass is 9.99. The maximum Gasteiger partial charge on any atom is 0.253 e. The summed E-state index contributed by atoms with van der Waals surface area (Å²) >= 11 is 0. The molecule has 1 saturated carbocycles. The first-order chi connectivity index (χ1) is 11.1. The van der Waals surface area contributed by atoms with Gasteiger partial charge >= 0.3 is 0 Å². The van der Waals surface area contributed by atoms with E-state index in [1.807, 2.05) is 24.1 Å². The minimum absolute atomic E-state index is 0.176. The average Bonchev–Trinajstić information content (AvgIpc) is 3.09. The predicted octanol–water partition coefficient (Wildman–Crippen LogP) is 3.93. The van der Waals surface area contributed by atoms with Gasteiger partial charge in [-0.25, -0.2) is 0 Å². The van der Waals surface area contributed by atoms with Crippen molar-refractivity contribution in [2.24, 2.45) is 5.92 Å². The molecule has 0 spiro atoms. The van der Waals surface area contributed by atoms with E-state index in [2.05, 4.69) is 24.0 Å². The highest BCUT2D eigenvalue weighted by atomic mass is 16.2. The van der Waals surface area contributed by atoms with Gasteiger partial charge < -0.3 is 4.90 Å². The second kappa shape index (κ2) is 7.48. The molecule has 1 aromatic carbocycles. The van der Waals surface area contributed by atoms with Crippen LogP contribution in [0, 0.1) is 5.92 Å². The molecule has 1 heterocycles. The van der Waals surface area contributed by atoms with Crippen molar-refractivity contribution in [2.75, 3.05) is 20.1 Å². The van der Waals surface area contributed by atoms with E-state index in [1.54, 1.807) is 0 Å². The number of carbonyl (C=O) groups is 1. The van der Waals surface area contributed by atoms with Gasteiger partial charge in [0.2, 0.25) is 0 Å². The highest BCUT2D eigenvalue weighted by Gasteiger charge is 2.24. The highest BCUT2D eigenvalue weighted by molar-refractivity contribution is 5.94. The van der Waals surface area contributed by atoms with E-state index >= 15 is 0 Å². The van der Waals surface area contributed by atoms with E-state index in [9.17, 15) is 4.79 Å². The van der Waals surface area contributed by atoms with Crippen LogP contribution < -0.4 is 0 Å². The Morgan fingerprint density at radius 3 is 2.48 bits per heavy atom. The molecule has 2 fully saturated rings. The van der Waals surface area contributed by atoms with Crippen LogP contribution in [0.25, 0.3) is 0 Å². The zero-order chi connectivity index (χ0) is 16.2. The Bertz CT molecular complexity index is 519. The van der Waals surface area contributed by atoms with Crippen molar-refractivity contribution < 1.29 is 4.79 Å². The molecule has 1 aliphatic heterocycles. The summed E-state index contributed by atoms with van der Waals surface area (Å²) in [5, 5.41) is 0. The second-order valence-corrected chi connectivity index (χ2v) is 7.53. The molecule has 3 rings (SSSR count). The first-order valence-electron chi connectivity index (χ1n) is 9.22. The van der Waals surface area contributed by atoms with Crippen molar-refractivity contribution in [1.82, 2.24) is 9.80 Å². The quantitative estimate of drug-likeness (QED) is 0.840. The monoisotopic (exact) mass is 314 g/mol. The number of amides is 1. The molecule has 1 unspecified atom stereocenters. The van der Waals surface area contributed by atoms with Crippen LogP contribution in [0.5, 0.6) is 0 Å². The Morgan fingerprint density at radius 1 is 1.13 bits per heavy atom. The average molecular weight is 314 g/mol. The topological polar surface area (TPSA) is 23.6 Å². The van der Waals surface area contributed by atoms with Crippen LogP contribution in [0.15, 0.2) is 24.3 Å². The summed E-state index contributed by atoms with van der Waals surface area (Å²) in [5.74, 6) is 0.986. The van der Waals surface area contributed by atoms with Gasteiger partial charge in [0, 0.05) is 31.7 Å². The van der Waals surface area contributed by atoms with Crippen LogP contribution in [-0.4, -0.2) is 41.9 Å². The summed E-state index contributed by atoms with van der Waals surface area (Å²) in [6, 6.07) is 8.73. The molecule has 2 aliphatic rings. The van der Waals surface area contributed by atoms with Crippen molar-refractivity contribution in [1.29, 1.82) is 0 Å². The zero-order valence-corrected chi connectivity index (χ0v) is 14.6. The molecule has 3 nitrogen and oxygen atoms in total. The molecular weight excluding hydrogens is 284 g/mol. The molecule has 126 valence electrons. The fraction of sp³-hybridized carbons (Fsp3) is 0.650. The smallest absolute Gasteiger partial charge is 0.253 e. The number of hydrogen-bond donors (Lipinski definition) is 0. The standard InChI is InChI=1S/C20H30N2O/c1-16-6-5-13-22(14-16)15-17-9-11-18(12-10-17)20(23)21(2)19-7-3-4-8-19/h9-12,16,19H,3-8,13-15H2,1-2H3. The molecule has 1 aromatic rings. The SMILES string of the molecule is CC1CCCN(Cc2ccc(C(=O)N(C)C3CCCC3)cc2)C1. The van der Waals surface area contributed by atoms with Gasteiger partial charge in [0.25, 0.3) is 5.91 Å².